The van der Waals surface area contributed by atoms with Crippen LogP contribution in [0.2, 0.25) is 0 Å². The van der Waals surface area contributed by atoms with Gasteiger partial charge in [0, 0.05) is 7.11 Å². The normalized spacial score (nSPS) is 11.4. The number of hydrogen-bond donors (Lipinski definition) is 0. The number of thiazole rings is 1. The molecule has 2 aromatic carbocycles. The van der Waals surface area contributed by atoms with Crippen LogP contribution in [0.15, 0.2) is 40.9 Å². The van der Waals surface area contributed by atoms with Crippen LogP contribution in [0.1, 0.15) is 16.1 Å². The molecule has 0 atom stereocenters. The second-order valence-electron chi connectivity index (χ2n) is 5.10. The van der Waals surface area contributed by atoms with Crippen molar-refractivity contribution in [2.45, 2.75) is 6.92 Å². The van der Waals surface area contributed by atoms with Gasteiger partial charge < -0.3 is 9.47 Å². The number of aryl methyl sites for hydroxylation is 1. The van der Waals surface area contributed by atoms with Gasteiger partial charge in [-0.1, -0.05) is 18.2 Å². The van der Waals surface area contributed by atoms with Crippen molar-refractivity contribution >= 4 is 49.6 Å². The third-order valence-electron chi connectivity index (χ3n) is 3.27. The number of ether oxygens (including phenoxy) is 2. The second kappa shape index (κ2) is 7.25. The van der Waals surface area contributed by atoms with Crippen LogP contribution in [0.4, 0.5) is 0 Å². The lowest BCUT2D eigenvalue weighted by Crippen LogP contribution is -1.99. The smallest absolute Gasteiger partial charge is 0.188 e. The predicted octanol–water partition coefficient (Wildman–Crippen LogP) is 5.52. The van der Waals surface area contributed by atoms with Crippen LogP contribution in [0.3, 0.4) is 0 Å². The Morgan fingerprint density at radius 2 is 2.04 bits per heavy atom. The summed E-state index contributed by atoms with van der Waals surface area (Å²) < 4.78 is 12.5. The highest BCUT2D eigenvalue weighted by molar-refractivity contribution is 9.10. The molecule has 3 rings (SSSR count). The summed E-state index contributed by atoms with van der Waals surface area (Å²) in [5.74, 6) is 0.763. The molecular weight excluding hydrogens is 374 g/mol. The molecular formula is C18H16BrNO2S. The molecule has 0 aliphatic carbocycles. The first kappa shape index (κ1) is 16.2. The van der Waals surface area contributed by atoms with E-state index in [1.807, 2.05) is 24.3 Å². The highest BCUT2D eigenvalue weighted by atomic mass is 79.9. The summed E-state index contributed by atoms with van der Waals surface area (Å²) >= 11 is 5.21. The van der Waals surface area contributed by atoms with Crippen molar-refractivity contribution in [2.75, 3.05) is 13.9 Å². The van der Waals surface area contributed by atoms with Crippen molar-refractivity contribution in [2.24, 2.45) is 0 Å². The topological polar surface area (TPSA) is 31.4 Å². The van der Waals surface area contributed by atoms with E-state index in [4.69, 9.17) is 9.47 Å². The first-order valence-electron chi connectivity index (χ1n) is 7.12. The minimum absolute atomic E-state index is 0.235. The highest BCUT2D eigenvalue weighted by Gasteiger charge is 2.03. The molecule has 3 nitrogen and oxygen atoms in total. The van der Waals surface area contributed by atoms with Gasteiger partial charge in [0.1, 0.15) is 10.8 Å². The van der Waals surface area contributed by atoms with Gasteiger partial charge in [0.25, 0.3) is 0 Å². The Morgan fingerprint density at radius 3 is 2.83 bits per heavy atom. The van der Waals surface area contributed by atoms with Gasteiger partial charge >= 0.3 is 0 Å². The van der Waals surface area contributed by atoms with E-state index in [0.717, 1.165) is 26.3 Å². The zero-order chi connectivity index (χ0) is 16.2. The van der Waals surface area contributed by atoms with Gasteiger partial charge in [-0.2, -0.15) is 0 Å². The van der Waals surface area contributed by atoms with E-state index >= 15 is 0 Å². The maximum atomic E-state index is 5.45. The SMILES string of the molecule is COCOc1ccc(/C=C/c2nc3ccc(C)cc3s2)cc1Br. The molecule has 1 aromatic heterocycles. The number of rotatable bonds is 5. The number of halogens is 1. The van der Waals surface area contributed by atoms with Crippen LogP contribution < -0.4 is 4.74 Å². The molecule has 0 aliphatic heterocycles. The molecule has 0 radical (unpaired) electrons. The van der Waals surface area contributed by atoms with E-state index in [0.29, 0.717) is 0 Å². The van der Waals surface area contributed by atoms with E-state index in [9.17, 15) is 0 Å². The minimum atomic E-state index is 0.235. The van der Waals surface area contributed by atoms with Crippen LogP contribution in [-0.2, 0) is 4.74 Å². The molecule has 0 N–H and O–H groups in total. The summed E-state index contributed by atoms with van der Waals surface area (Å²) in [6.45, 7) is 2.33. The average molecular weight is 390 g/mol. The van der Waals surface area contributed by atoms with E-state index < -0.39 is 0 Å². The molecule has 0 saturated heterocycles. The zero-order valence-electron chi connectivity index (χ0n) is 12.9. The Bertz CT molecular complexity index is 857. The number of benzene rings is 2. The van der Waals surface area contributed by atoms with Gasteiger partial charge in [-0.05, 0) is 64.3 Å². The summed E-state index contributed by atoms with van der Waals surface area (Å²) in [5, 5.41) is 1.00. The number of nitrogens with zero attached hydrogens (tertiary/aromatic N) is 1. The molecule has 23 heavy (non-hydrogen) atoms. The average Bonchev–Trinajstić information content (AvgIpc) is 2.94. The Kier molecular flexibility index (Phi) is 5.10. The lowest BCUT2D eigenvalue weighted by Gasteiger charge is -2.07. The fraction of sp³-hybridized carbons (Fsp3) is 0.167. The van der Waals surface area contributed by atoms with E-state index in [1.54, 1.807) is 18.4 Å². The van der Waals surface area contributed by atoms with Gasteiger partial charge in [-0.15, -0.1) is 11.3 Å². The van der Waals surface area contributed by atoms with Crippen LogP contribution in [-0.4, -0.2) is 18.9 Å². The maximum Gasteiger partial charge on any atom is 0.188 e. The van der Waals surface area contributed by atoms with Crippen molar-refractivity contribution in [3.63, 3.8) is 0 Å². The van der Waals surface area contributed by atoms with E-state index in [1.165, 1.54) is 10.3 Å². The van der Waals surface area contributed by atoms with Gasteiger partial charge in [-0.25, -0.2) is 4.98 Å². The quantitative estimate of drug-likeness (QED) is 0.538. The molecule has 0 amide bonds. The summed E-state index contributed by atoms with van der Waals surface area (Å²) in [5.41, 5.74) is 3.38. The van der Waals surface area contributed by atoms with Gasteiger partial charge in [0.2, 0.25) is 0 Å². The van der Waals surface area contributed by atoms with Crippen molar-refractivity contribution < 1.29 is 9.47 Å². The summed E-state index contributed by atoms with van der Waals surface area (Å²) in [4.78, 5) is 4.63. The first-order valence-corrected chi connectivity index (χ1v) is 8.73. The molecule has 118 valence electrons. The number of fused-ring (bicyclic) bond motifs is 1. The lowest BCUT2D eigenvalue weighted by molar-refractivity contribution is 0.0506. The highest BCUT2D eigenvalue weighted by Crippen LogP contribution is 2.28. The van der Waals surface area contributed by atoms with Crippen molar-refractivity contribution in [3.05, 3.63) is 57.0 Å². The maximum absolute atomic E-state index is 5.45. The van der Waals surface area contributed by atoms with Gasteiger partial charge in [-0.3, -0.25) is 0 Å². The zero-order valence-corrected chi connectivity index (χ0v) is 15.3. The molecule has 0 saturated carbocycles. The van der Waals surface area contributed by atoms with Crippen molar-refractivity contribution in [1.29, 1.82) is 0 Å². The van der Waals surface area contributed by atoms with Crippen molar-refractivity contribution in [3.8, 4) is 5.75 Å². The molecule has 3 aromatic rings. The standard InChI is InChI=1S/C18H16BrNO2S/c1-12-3-6-15-17(9-12)23-18(20-15)8-5-13-4-7-16(14(19)10-13)22-11-21-2/h3-10H,11H2,1-2H3/b8-5+. The summed E-state index contributed by atoms with van der Waals surface area (Å²) in [6, 6.07) is 12.3. The molecule has 1 heterocycles. The summed E-state index contributed by atoms with van der Waals surface area (Å²) in [6.07, 6.45) is 4.09. The summed E-state index contributed by atoms with van der Waals surface area (Å²) in [7, 11) is 1.60. The Balaban J connectivity index is 1.79. The molecule has 5 heteroatoms. The monoisotopic (exact) mass is 389 g/mol. The Labute approximate surface area is 147 Å². The fourth-order valence-corrected chi connectivity index (χ4v) is 3.63. The number of aromatic nitrogens is 1. The second-order valence-corrected chi connectivity index (χ2v) is 7.01. The number of methoxy groups -OCH3 is 1. The van der Waals surface area contributed by atoms with Crippen LogP contribution in [0, 0.1) is 6.92 Å². The van der Waals surface area contributed by atoms with Crippen LogP contribution in [0.25, 0.3) is 22.4 Å². The van der Waals surface area contributed by atoms with Crippen LogP contribution in [0.5, 0.6) is 5.75 Å². The molecule has 0 aliphatic rings. The molecule has 0 spiro atoms. The fourth-order valence-electron chi connectivity index (χ4n) is 2.15. The molecule has 0 fully saturated rings. The third kappa shape index (κ3) is 3.99. The largest absolute Gasteiger partial charge is 0.466 e. The molecule has 0 unspecified atom stereocenters. The Hall–Kier alpha value is -1.69. The van der Waals surface area contributed by atoms with E-state index in [2.05, 4.69) is 52.1 Å². The number of hydrogen-bond acceptors (Lipinski definition) is 4. The molecule has 0 bridgehead atoms. The predicted molar refractivity (Wildman–Crippen MR) is 99.9 cm³/mol. The lowest BCUT2D eigenvalue weighted by atomic mass is 10.2. The first-order chi connectivity index (χ1) is 11.2. The third-order valence-corrected chi connectivity index (χ3v) is 4.87. The van der Waals surface area contributed by atoms with Gasteiger partial charge in [0.05, 0.1) is 14.7 Å². The minimum Gasteiger partial charge on any atom is -0.466 e. The Morgan fingerprint density at radius 1 is 1.17 bits per heavy atom. The van der Waals surface area contributed by atoms with E-state index in [-0.39, 0.29) is 6.79 Å². The van der Waals surface area contributed by atoms with Gasteiger partial charge in [0.15, 0.2) is 6.79 Å². The van der Waals surface area contributed by atoms with Crippen LogP contribution >= 0.6 is 27.3 Å². The van der Waals surface area contributed by atoms with Crippen molar-refractivity contribution in [1.82, 2.24) is 4.98 Å².